The average molecular weight is 205 g/mol. The Labute approximate surface area is 87.1 Å². The average Bonchev–Trinajstić information content (AvgIpc) is 2.60. The highest BCUT2D eigenvalue weighted by molar-refractivity contribution is 5.84. The first kappa shape index (κ1) is 9.90. The normalized spacial score (nSPS) is 12.9. The van der Waals surface area contributed by atoms with Gasteiger partial charge in [-0.15, -0.1) is 0 Å². The zero-order chi connectivity index (χ0) is 10.8. The van der Waals surface area contributed by atoms with E-state index in [9.17, 15) is 9.18 Å². The summed E-state index contributed by atoms with van der Waals surface area (Å²) in [4.78, 5) is 13.5. The molecule has 0 saturated carbocycles. The van der Waals surface area contributed by atoms with Gasteiger partial charge < -0.3 is 9.78 Å². The van der Waals surface area contributed by atoms with E-state index in [-0.39, 0.29) is 11.7 Å². The van der Waals surface area contributed by atoms with Gasteiger partial charge in [-0.2, -0.15) is 0 Å². The number of hydrogen-bond acceptors (Lipinski definition) is 1. The van der Waals surface area contributed by atoms with E-state index in [0.717, 1.165) is 22.8 Å². The lowest BCUT2D eigenvalue weighted by atomic mass is 9.98. The molecule has 0 fully saturated rings. The summed E-state index contributed by atoms with van der Waals surface area (Å²) < 4.78 is 13.1. The van der Waals surface area contributed by atoms with Gasteiger partial charge >= 0.3 is 0 Å². The van der Waals surface area contributed by atoms with Crippen molar-refractivity contribution in [3.05, 3.63) is 35.8 Å². The SMILES string of the molecule is C[C@@H](CC=O)c1c[nH]c2ccc(F)cc12. The minimum atomic E-state index is -0.248. The predicted octanol–water partition coefficient (Wildman–Crippen LogP) is 3.00. The van der Waals surface area contributed by atoms with Gasteiger partial charge in [0.1, 0.15) is 12.1 Å². The van der Waals surface area contributed by atoms with Gasteiger partial charge in [0, 0.05) is 23.5 Å². The number of hydrogen-bond donors (Lipinski definition) is 1. The Morgan fingerprint density at radius 2 is 2.33 bits per heavy atom. The third-order valence-electron chi connectivity index (χ3n) is 2.66. The molecule has 1 atom stereocenters. The molecular weight excluding hydrogens is 193 g/mol. The second-order valence-corrected chi connectivity index (χ2v) is 3.74. The molecular formula is C12H12FNO. The number of benzene rings is 1. The van der Waals surface area contributed by atoms with Crippen molar-refractivity contribution in [1.29, 1.82) is 0 Å². The lowest BCUT2D eigenvalue weighted by Gasteiger charge is -2.05. The predicted molar refractivity (Wildman–Crippen MR) is 57.4 cm³/mol. The van der Waals surface area contributed by atoms with Crippen molar-refractivity contribution in [1.82, 2.24) is 4.98 Å². The number of aldehydes is 1. The third-order valence-corrected chi connectivity index (χ3v) is 2.66. The molecule has 0 unspecified atom stereocenters. The Bertz CT molecular complexity index is 489. The molecule has 0 aliphatic carbocycles. The van der Waals surface area contributed by atoms with Crippen LogP contribution in [0.2, 0.25) is 0 Å². The standard InChI is InChI=1S/C12H12FNO/c1-8(4-5-15)11-7-14-12-3-2-9(13)6-10(11)12/h2-3,5-8,14H,4H2,1H3/t8-/m0/s1. The lowest BCUT2D eigenvalue weighted by molar-refractivity contribution is -0.108. The van der Waals surface area contributed by atoms with E-state index in [1.807, 2.05) is 13.1 Å². The van der Waals surface area contributed by atoms with Crippen molar-refractivity contribution in [3.8, 4) is 0 Å². The van der Waals surface area contributed by atoms with Crippen LogP contribution in [0.1, 0.15) is 24.8 Å². The van der Waals surface area contributed by atoms with Crippen LogP contribution in [-0.4, -0.2) is 11.3 Å². The summed E-state index contributed by atoms with van der Waals surface area (Å²) in [6.45, 7) is 1.96. The number of carbonyl (C=O) groups is 1. The molecule has 0 spiro atoms. The molecule has 78 valence electrons. The minimum absolute atomic E-state index is 0.123. The smallest absolute Gasteiger partial charge is 0.123 e. The maximum absolute atomic E-state index is 13.1. The van der Waals surface area contributed by atoms with Crippen molar-refractivity contribution < 1.29 is 9.18 Å². The number of nitrogens with one attached hydrogen (secondary N) is 1. The fourth-order valence-corrected chi connectivity index (χ4v) is 1.79. The van der Waals surface area contributed by atoms with Gasteiger partial charge in [-0.05, 0) is 29.7 Å². The molecule has 0 aliphatic heterocycles. The molecule has 0 amide bonds. The molecule has 0 radical (unpaired) electrons. The number of fused-ring (bicyclic) bond motifs is 1. The Hall–Kier alpha value is -1.64. The second-order valence-electron chi connectivity index (χ2n) is 3.74. The molecule has 2 rings (SSSR count). The monoisotopic (exact) mass is 205 g/mol. The van der Waals surface area contributed by atoms with Crippen LogP contribution in [0.15, 0.2) is 24.4 Å². The maximum atomic E-state index is 13.1. The van der Waals surface area contributed by atoms with Crippen LogP contribution >= 0.6 is 0 Å². The Balaban J connectivity index is 2.51. The van der Waals surface area contributed by atoms with Crippen LogP contribution in [0.3, 0.4) is 0 Å². The van der Waals surface area contributed by atoms with Gasteiger partial charge in [0.15, 0.2) is 0 Å². The summed E-state index contributed by atoms with van der Waals surface area (Å²) in [6.07, 6.45) is 3.20. The van der Waals surface area contributed by atoms with E-state index in [4.69, 9.17) is 0 Å². The number of carbonyl (C=O) groups excluding carboxylic acids is 1. The summed E-state index contributed by atoms with van der Waals surface area (Å²) in [5.41, 5.74) is 1.90. The van der Waals surface area contributed by atoms with Crippen LogP contribution in [0.25, 0.3) is 10.9 Å². The molecule has 0 aliphatic rings. The fraction of sp³-hybridized carbons (Fsp3) is 0.250. The van der Waals surface area contributed by atoms with Crippen molar-refractivity contribution in [3.63, 3.8) is 0 Å². The molecule has 3 heteroatoms. The number of halogens is 1. The highest BCUT2D eigenvalue weighted by Crippen LogP contribution is 2.27. The fourth-order valence-electron chi connectivity index (χ4n) is 1.79. The largest absolute Gasteiger partial charge is 0.361 e. The molecule has 2 aromatic rings. The van der Waals surface area contributed by atoms with Crippen LogP contribution in [0.4, 0.5) is 4.39 Å². The van der Waals surface area contributed by atoms with Gasteiger partial charge in [-0.25, -0.2) is 4.39 Å². The second kappa shape index (κ2) is 3.85. The molecule has 2 nitrogen and oxygen atoms in total. The van der Waals surface area contributed by atoms with Crippen LogP contribution in [0.5, 0.6) is 0 Å². The van der Waals surface area contributed by atoms with Gasteiger partial charge in [-0.1, -0.05) is 6.92 Å². The van der Waals surface area contributed by atoms with Crippen molar-refractivity contribution in [2.45, 2.75) is 19.3 Å². The van der Waals surface area contributed by atoms with E-state index >= 15 is 0 Å². The summed E-state index contributed by atoms with van der Waals surface area (Å²) in [5.74, 6) is -0.125. The first-order chi connectivity index (χ1) is 7.22. The number of aromatic nitrogens is 1. The van der Waals surface area contributed by atoms with E-state index in [1.54, 1.807) is 6.07 Å². The van der Waals surface area contributed by atoms with Crippen LogP contribution in [0, 0.1) is 5.82 Å². The third kappa shape index (κ3) is 1.77. The quantitative estimate of drug-likeness (QED) is 0.767. The van der Waals surface area contributed by atoms with Gasteiger partial charge in [0.2, 0.25) is 0 Å². The Kier molecular flexibility index (Phi) is 2.54. The molecule has 1 aromatic carbocycles. The number of rotatable bonds is 3. The van der Waals surface area contributed by atoms with Crippen molar-refractivity contribution >= 4 is 17.2 Å². The molecule has 1 N–H and O–H groups in total. The Morgan fingerprint density at radius 1 is 1.53 bits per heavy atom. The highest BCUT2D eigenvalue weighted by atomic mass is 19.1. The molecule has 1 heterocycles. The number of H-pyrrole nitrogens is 1. The van der Waals surface area contributed by atoms with Gasteiger partial charge in [-0.3, -0.25) is 0 Å². The molecule has 1 aromatic heterocycles. The van der Waals surface area contributed by atoms with Crippen molar-refractivity contribution in [2.75, 3.05) is 0 Å². The maximum Gasteiger partial charge on any atom is 0.123 e. The summed E-state index contributed by atoms with van der Waals surface area (Å²) in [5, 5.41) is 0.865. The summed E-state index contributed by atoms with van der Waals surface area (Å²) >= 11 is 0. The molecule has 0 bridgehead atoms. The summed E-state index contributed by atoms with van der Waals surface area (Å²) in [6, 6.07) is 4.64. The first-order valence-electron chi connectivity index (χ1n) is 4.92. The zero-order valence-electron chi connectivity index (χ0n) is 8.46. The first-order valence-corrected chi connectivity index (χ1v) is 4.92. The van der Waals surface area contributed by atoms with E-state index in [1.165, 1.54) is 12.1 Å². The van der Waals surface area contributed by atoms with E-state index in [0.29, 0.717) is 6.42 Å². The molecule has 0 saturated heterocycles. The van der Waals surface area contributed by atoms with Crippen LogP contribution < -0.4 is 0 Å². The lowest BCUT2D eigenvalue weighted by Crippen LogP contribution is -1.92. The number of aromatic amines is 1. The summed E-state index contributed by atoms with van der Waals surface area (Å²) in [7, 11) is 0. The molecule has 15 heavy (non-hydrogen) atoms. The van der Waals surface area contributed by atoms with Gasteiger partial charge in [0.05, 0.1) is 0 Å². The van der Waals surface area contributed by atoms with Gasteiger partial charge in [0.25, 0.3) is 0 Å². The van der Waals surface area contributed by atoms with E-state index in [2.05, 4.69) is 4.98 Å². The van der Waals surface area contributed by atoms with Crippen LogP contribution in [-0.2, 0) is 4.79 Å². The topological polar surface area (TPSA) is 32.9 Å². The Morgan fingerprint density at radius 3 is 3.07 bits per heavy atom. The minimum Gasteiger partial charge on any atom is -0.361 e. The van der Waals surface area contributed by atoms with E-state index < -0.39 is 0 Å². The zero-order valence-corrected chi connectivity index (χ0v) is 8.46. The van der Waals surface area contributed by atoms with Crippen molar-refractivity contribution in [2.24, 2.45) is 0 Å². The highest BCUT2D eigenvalue weighted by Gasteiger charge is 2.11.